The second-order valence-corrected chi connectivity index (χ2v) is 8.97. The van der Waals surface area contributed by atoms with Gasteiger partial charge in [-0.2, -0.15) is 0 Å². The Bertz CT molecular complexity index is 777. The Balaban J connectivity index is 1.51. The molecule has 124 valence electrons. The van der Waals surface area contributed by atoms with Crippen molar-refractivity contribution in [1.82, 2.24) is 0 Å². The summed E-state index contributed by atoms with van der Waals surface area (Å²) in [5, 5.41) is 0. The first-order valence-corrected chi connectivity index (χ1v) is 9.26. The Hall–Kier alpha value is -1.44. The molecule has 0 aromatic heterocycles. The van der Waals surface area contributed by atoms with Gasteiger partial charge in [0.2, 0.25) is 0 Å². The van der Waals surface area contributed by atoms with Gasteiger partial charge in [0.25, 0.3) is 0 Å². The normalized spacial score (nSPS) is 44.0. The number of carbonyl (C=O) groups excluding carboxylic acids is 3. The van der Waals surface area contributed by atoms with Crippen molar-refractivity contribution < 1.29 is 23.9 Å². The van der Waals surface area contributed by atoms with Gasteiger partial charge in [-0.05, 0) is 42.1 Å². The van der Waals surface area contributed by atoms with Crippen LogP contribution in [-0.2, 0) is 30.5 Å². The molecule has 1 saturated heterocycles. The van der Waals surface area contributed by atoms with Crippen LogP contribution in [0.15, 0.2) is 30.3 Å². The number of halogens is 1. The first-order valence-electron chi connectivity index (χ1n) is 8.18. The summed E-state index contributed by atoms with van der Waals surface area (Å²) in [6.07, 6.45) is 1.76. The first-order chi connectivity index (χ1) is 11.5. The van der Waals surface area contributed by atoms with Gasteiger partial charge in [-0.25, -0.2) is 0 Å². The maximum Gasteiger partial charge on any atom is 0.333 e. The van der Waals surface area contributed by atoms with Crippen LogP contribution in [0.1, 0.15) is 18.4 Å². The van der Waals surface area contributed by atoms with E-state index in [1.54, 1.807) is 0 Å². The Labute approximate surface area is 152 Å². The number of ether oxygens (including phenoxy) is 2. The van der Waals surface area contributed by atoms with Crippen molar-refractivity contribution >= 4 is 40.5 Å². The molecular weight excluding hydrogens is 423 g/mol. The minimum Gasteiger partial charge on any atom is -0.460 e. The monoisotopic (exact) mass is 438 g/mol. The van der Waals surface area contributed by atoms with Crippen LogP contribution in [0.25, 0.3) is 0 Å². The fourth-order valence-corrected chi connectivity index (χ4v) is 7.04. The van der Waals surface area contributed by atoms with Crippen LogP contribution >= 0.6 is 22.6 Å². The van der Waals surface area contributed by atoms with Gasteiger partial charge in [0, 0.05) is 0 Å². The van der Waals surface area contributed by atoms with Crippen LogP contribution < -0.4 is 0 Å². The van der Waals surface area contributed by atoms with Crippen molar-refractivity contribution in [2.45, 2.75) is 22.9 Å². The van der Waals surface area contributed by atoms with Crippen LogP contribution in [0.2, 0.25) is 0 Å². The van der Waals surface area contributed by atoms with E-state index in [1.165, 1.54) is 0 Å². The van der Waals surface area contributed by atoms with Gasteiger partial charge in [0.05, 0.1) is 0 Å². The molecule has 0 amide bonds. The van der Waals surface area contributed by atoms with E-state index in [9.17, 15) is 14.4 Å². The van der Waals surface area contributed by atoms with Crippen molar-refractivity contribution in [1.29, 1.82) is 0 Å². The highest BCUT2D eigenvalue weighted by molar-refractivity contribution is 14.1. The lowest BCUT2D eigenvalue weighted by Crippen LogP contribution is -2.56. The summed E-state index contributed by atoms with van der Waals surface area (Å²) in [4.78, 5) is 38.2. The molecule has 3 saturated carbocycles. The van der Waals surface area contributed by atoms with Crippen molar-refractivity contribution in [2.75, 3.05) is 0 Å². The lowest BCUT2D eigenvalue weighted by Gasteiger charge is -2.36. The molecule has 24 heavy (non-hydrogen) atoms. The number of carbonyl (C=O) groups is 3. The summed E-state index contributed by atoms with van der Waals surface area (Å²) in [6, 6.07) is 9.33. The molecule has 5 rings (SSSR count). The molecule has 2 bridgehead atoms. The van der Waals surface area contributed by atoms with Gasteiger partial charge >= 0.3 is 17.9 Å². The molecule has 4 aliphatic rings. The Morgan fingerprint density at radius 2 is 1.83 bits per heavy atom. The van der Waals surface area contributed by atoms with Crippen LogP contribution in [0.5, 0.6) is 0 Å². The molecule has 0 N–H and O–H groups in total. The molecule has 5 nitrogen and oxygen atoms in total. The number of cyclic esters (lactones) is 2. The zero-order valence-electron chi connectivity index (χ0n) is 12.7. The van der Waals surface area contributed by atoms with Crippen molar-refractivity contribution in [3.05, 3.63) is 35.9 Å². The van der Waals surface area contributed by atoms with E-state index in [-0.39, 0.29) is 18.4 Å². The third-order valence-corrected chi connectivity index (χ3v) is 8.50. The van der Waals surface area contributed by atoms with Gasteiger partial charge < -0.3 is 9.47 Å². The molecule has 1 aromatic carbocycles. The summed E-state index contributed by atoms with van der Waals surface area (Å²) in [7, 11) is 0. The standard InChI is InChI=1S/C18H15IO5/c19-18-13-7-12(10-6-11(10)13)17(18,15(21)24-16(18)22)14(20)23-8-9-4-2-1-3-5-9/h1-5,10-13H,6-8H2/t10?,11?,12?,13?,17?,18-/m0/s1. The molecule has 4 fully saturated rings. The zero-order valence-corrected chi connectivity index (χ0v) is 14.9. The van der Waals surface area contributed by atoms with Gasteiger partial charge in [-0.15, -0.1) is 0 Å². The molecule has 3 aliphatic carbocycles. The van der Waals surface area contributed by atoms with Gasteiger partial charge in [0.1, 0.15) is 10.0 Å². The lowest BCUT2D eigenvalue weighted by molar-refractivity contribution is -0.170. The first kappa shape index (κ1) is 14.9. The number of fused-ring (bicyclic) bond motifs is 8. The predicted molar refractivity (Wildman–Crippen MR) is 89.7 cm³/mol. The average molecular weight is 438 g/mol. The number of alkyl halides is 1. The predicted octanol–water partition coefficient (Wildman–Crippen LogP) is 2.26. The van der Waals surface area contributed by atoms with Crippen LogP contribution in [0, 0.1) is 29.1 Å². The molecular formula is C18H15IO5. The van der Waals surface area contributed by atoms with Crippen LogP contribution in [0.4, 0.5) is 0 Å². The quantitative estimate of drug-likeness (QED) is 0.314. The second-order valence-electron chi connectivity index (χ2n) is 7.27. The SMILES string of the molecule is O=C(OCc1ccccc1)C12C(=O)OC(=O)[C@@]1(I)C1CC2C2CC21. The molecule has 5 unspecified atom stereocenters. The highest BCUT2D eigenvalue weighted by Gasteiger charge is 2.89. The lowest BCUT2D eigenvalue weighted by atomic mass is 9.67. The van der Waals surface area contributed by atoms with Crippen molar-refractivity contribution in [3.8, 4) is 0 Å². The van der Waals surface area contributed by atoms with E-state index in [1.807, 2.05) is 52.9 Å². The van der Waals surface area contributed by atoms with E-state index in [0.29, 0.717) is 11.8 Å². The van der Waals surface area contributed by atoms with Crippen LogP contribution in [0.3, 0.4) is 0 Å². The zero-order chi connectivity index (χ0) is 16.7. The average Bonchev–Trinajstić information content (AvgIpc) is 3.15. The van der Waals surface area contributed by atoms with Crippen molar-refractivity contribution in [3.63, 3.8) is 0 Å². The van der Waals surface area contributed by atoms with Gasteiger partial charge in [-0.3, -0.25) is 14.4 Å². The third kappa shape index (κ3) is 1.49. The largest absolute Gasteiger partial charge is 0.460 e. The summed E-state index contributed by atoms with van der Waals surface area (Å²) < 4.78 is 9.41. The fourth-order valence-electron chi connectivity index (χ4n) is 5.37. The van der Waals surface area contributed by atoms with E-state index < -0.39 is 26.7 Å². The molecule has 0 spiro atoms. The Morgan fingerprint density at radius 1 is 1.12 bits per heavy atom. The van der Waals surface area contributed by atoms with Crippen LogP contribution in [-0.4, -0.2) is 21.3 Å². The Kier molecular flexibility index (Phi) is 2.84. The molecule has 1 aromatic rings. The summed E-state index contributed by atoms with van der Waals surface area (Å²) in [5.74, 6) is -1.08. The van der Waals surface area contributed by atoms with Crippen molar-refractivity contribution in [2.24, 2.45) is 29.1 Å². The topological polar surface area (TPSA) is 69.7 Å². The third-order valence-electron chi connectivity index (χ3n) is 6.41. The van der Waals surface area contributed by atoms with Gasteiger partial charge in [0.15, 0.2) is 5.41 Å². The maximum atomic E-state index is 13.1. The molecule has 0 radical (unpaired) electrons. The summed E-state index contributed by atoms with van der Waals surface area (Å²) >= 11 is 2.02. The highest BCUT2D eigenvalue weighted by Crippen LogP contribution is 2.79. The van der Waals surface area contributed by atoms with E-state index in [4.69, 9.17) is 9.47 Å². The number of hydrogen-bond donors (Lipinski definition) is 0. The number of rotatable bonds is 3. The number of hydrogen-bond acceptors (Lipinski definition) is 5. The minimum absolute atomic E-state index is 0.0522. The second kappa shape index (κ2) is 4.59. The number of esters is 3. The highest BCUT2D eigenvalue weighted by atomic mass is 127. The molecule has 6 atom stereocenters. The van der Waals surface area contributed by atoms with E-state index >= 15 is 0 Å². The fraction of sp³-hybridized carbons (Fsp3) is 0.500. The smallest absolute Gasteiger partial charge is 0.333 e. The van der Waals surface area contributed by atoms with E-state index in [2.05, 4.69) is 0 Å². The molecule has 1 aliphatic heterocycles. The molecule has 6 heteroatoms. The summed E-state index contributed by atoms with van der Waals surface area (Å²) in [5.41, 5.74) is -0.590. The Morgan fingerprint density at radius 3 is 2.58 bits per heavy atom. The molecule has 1 heterocycles. The van der Waals surface area contributed by atoms with Gasteiger partial charge in [-0.1, -0.05) is 52.9 Å². The minimum atomic E-state index is -1.44. The van der Waals surface area contributed by atoms with E-state index in [0.717, 1.165) is 18.4 Å². The summed E-state index contributed by atoms with van der Waals surface area (Å²) in [6.45, 7) is 0.0983. The number of benzene rings is 1. The maximum absolute atomic E-state index is 13.1.